The number of nitrogens with zero attached hydrogens (tertiary/aromatic N) is 1. The van der Waals surface area contributed by atoms with Crippen molar-refractivity contribution in [2.75, 3.05) is 0 Å². The molecular weight excluding hydrogens is 346 g/mol. The molecule has 27 heavy (non-hydrogen) atoms. The SMILES string of the molecule is C1=CCC2C(=C1)c1ccccc1C1CC=C(c3nc4ccccc4s3)C=C21. The lowest BCUT2D eigenvalue weighted by atomic mass is 9.65. The first-order chi connectivity index (χ1) is 13.4. The highest BCUT2D eigenvalue weighted by atomic mass is 32.1. The topological polar surface area (TPSA) is 12.9 Å². The van der Waals surface area contributed by atoms with Crippen LogP contribution in [0.3, 0.4) is 0 Å². The van der Waals surface area contributed by atoms with E-state index >= 15 is 0 Å². The molecule has 0 radical (unpaired) electrons. The zero-order valence-electron chi connectivity index (χ0n) is 14.9. The third kappa shape index (κ3) is 2.33. The Morgan fingerprint density at radius 3 is 2.78 bits per heavy atom. The fourth-order valence-corrected chi connectivity index (χ4v) is 5.78. The van der Waals surface area contributed by atoms with Crippen LogP contribution in [0.5, 0.6) is 0 Å². The second kappa shape index (κ2) is 5.90. The van der Waals surface area contributed by atoms with Crippen LogP contribution in [-0.2, 0) is 0 Å². The Bertz CT molecular complexity index is 1150. The summed E-state index contributed by atoms with van der Waals surface area (Å²) in [6.07, 6.45) is 13.9. The minimum atomic E-state index is 0.507. The van der Waals surface area contributed by atoms with Crippen LogP contribution >= 0.6 is 11.3 Å². The molecule has 130 valence electrons. The van der Waals surface area contributed by atoms with Crippen LogP contribution in [0.25, 0.3) is 21.4 Å². The van der Waals surface area contributed by atoms with Gasteiger partial charge in [-0.1, -0.05) is 72.4 Å². The van der Waals surface area contributed by atoms with Gasteiger partial charge in [-0.05, 0) is 41.7 Å². The van der Waals surface area contributed by atoms with Gasteiger partial charge >= 0.3 is 0 Å². The molecule has 2 heteroatoms. The first-order valence-electron chi connectivity index (χ1n) is 9.62. The fourth-order valence-electron chi connectivity index (χ4n) is 4.80. The van der Waals surface area contributed by atoms with Crippen molar-refractivity contribution in [2.45, 2.75) is 18.8 Å². The number of para-hydroxylation sites is 1. The fraction of sp³-hybridized carbons (Fsp3) is 0.160. The standard InChI is InChI=1S/C25H19NS/c1-2-9-19-17(7-1)18-8-3-4-10-20(18)22-15-16(13-14-21(19)22)25-26-23-11-5-6-12-24(23)27-25/h1-9,11-13,15,20-21H,10,14H2. The number of benzene rings is 2. The molecule has 0 bridgehead atoms. The monoisotopic (exact) mass is 365 g/mol. The van der Waals surface area contributed by atoms with Crippen molar-refractivity contribution in [3.05, 3.63) is 101 Å². The molecule has 0 saturated carbocycles. The zero-order valence-corrected chi connectivity index (χ0v) is 15.7. The predicted molar refractivity (Wildman–Crippen MR) is 115 cm³/mol. The van der Waals surface area contributed by atoms with Crippen LogP contribution in [0.15, 0.2) is 84.5 Å². The second-order valence-corrected chi connectivity index (χ2v) is 8.54. The maximum atomic E-state index is 4.90. The molecule has 1 nitrogen and oxygen atoms in total. The van der Waals surface area contributed by atoms with Gasteiger partial charge in [0.2, 0.25) is 0 Å². The van der Waals surface area contributed by atoms with Gasteiger partial charge in [-0.15, -0.1) is 11.3 Å². The van der Waals surface area contributed by atoms with E-state index < -0.39 is 0 Å². The van der Waals surface area contributed by atoms with Crippen molar-refractivity contribution < 1.29 is 0 Å². The average Bonchev–Trinajstić information content (AvgIpc) is 3.18. The Hall–Kier alpha value is -2.71. The number of fused-ring (bicyclic) bond motifs is 7. The van der Waals surface area contributed by atoms with Gasteiger partial charge in [0.1, 0.15) is 5.01 Å². The third-order valence-electron chi connectivity index (χ3n) is 6.05. The lowest BCUT2D eigenvalue weighted by Gasteiger charge is -2.39. The lowest BCUT2D eigenvalue weighted by molar-refractivity contribution is 0.643. The van der Waals surface area contributed by atoms with Crippen LogP contribution in [-0.4, -0.2) is 4.98 Å². The summed E-state index contributed by atoms with van der Waals surface area (Å²) in [6.45, 7) is 0. The van der Waals surface area contributed by atoms with E-state index in [-0.39, 0.29) is 0 Å². The van der Waals surface area contributed by atoms with Crippen molar-refractivity contribution in [1.82, 2.24) is 4.98 Å². The van der Waals surface area contributed by atoms with E-state index in [1.54, 1.807) is 16.9 Å². The van der Waals surface area contributed by atoms with Crippen LogP contribution < -0.4 is 0 Å². The van der Waals surface area contributed by atoms with Crippen molar-refractivity contribution in [3.8, 4) is 0 Å². The quantitative estimate of drug-likeness (QED) is 0.464. The van der Waals surface area contributed by atoms with Gasteiger partial charge in [0.25, 0.3) is 0 Å². The van der Waals surface area contributed by atoms with Crippen LogP contribution in [0.2, 0.25) is 0 Å². The molecular formula is C25H19NS. The minimum absolute atomic E-state index is 0.507. The summed E-state index contributed by atoms with van der Waals surface area (Å²) in [7, 11) is 0. The van der Waals surface area contributed by atoms with Crippen molar-refractivity contribution >= 4 is 32.7 Å². The van der Waals surface area contributed by atoms with E-state index in [0.29, 0.717) is 11.8 Å². The summed E-state index contributed by atoms with van der Waals surface area (Å²) in [4.78, 5) is 4.90. The summed E-state index contributed by atoms with van der Waals surface area (Å²) in [6, 6.07) is 17.4. The Morgan fingerprint density at radius 2 is 1.81 bits per heavy atom. The van der Waals surface area contributed by atoms with Gasteiger partial charge in [0.15, 0.2) is 0 Å². The van der Waals surface area contributed by atoms with E-state index in [0.717, 1.165) is 23.4 Å². The third-order valence-corrected chi connectivity index (χ3v) is 7.13. The lowest BCUT2D eigenvalue weighted by Crippen LogP contribution is -2.23. The van der Waals surface area contributed by atoms with E-state index in [2.05, 4.69) is 78.9 Å². The van der Waals surface area contributed by atoms with Crippen molar-refractivity contribution in [1.29, 1.82) is 0 Å². The van der Waals surface area contributed by atoms with Gasteiger partial charge < -0.3 is 0 Å². The maximum absolute atomic E-state index is 4.90. The highest BCUT2D eigenvalue weighted by Crippen LogP contribution is 2.52. The molecule has 3 aliphatic rings. The van der Waals surface area contributed by atoms with Gasteiger partial charge in [0, 0.05) is 17.4 Å². The van der Waals surface area contributed by atoms with E-state index in [1.807, 2.05) is 0 Å². The number of thiazole rings is 1. The molecule has 1 heterocycles. The molecule has 0 spiro atoms. The predicted octanol–water partition coefficient (Wildman–Crippen LogP) is 6.77. The number of hydrogen-bond donors (Lipinski definition) is 0. The Morgan fingerprint density at radius 1 is 0.926 bits per heavy atom. The molecule has 3 aliphatic carbocycles. The molecule has 2 aromatic carbocycles. The van der Waals surface area contributed by atoms with Gasteiger partial charge in [0.05, 0.1) is 10.2 Å². The smallest absolute Gasteiger partial charge is 0.124 e. The molecule has 0 fully saturated rings. The first-order valence-corrected chi connectivity index (χ1v) is 10.4. The maximum Gasteiger partial charge on any atom is 0.124 e. The highest BCUT2D eigenvalue weighted by molar-refractivity contribution is 7.19. The van der Waals surface area contributed by atoms with Crippen molar-refractivity contribution in [3.63, 3.8) is 0 Å². The summed E-state index contributed by atoms with van der Waals surface area (Å²) in [5.41, 5.74) is 8.40. The Labute approximate surface area is 163 Å². The number of hydrogen-bond acceptors (Lipinski definition) is 2. The zero-order chi connectivity index (χ0) is 17.8. The van der Waals surface area contributed by atoms with Gasteiger partial charge in [-0.25, -0.2) is 4.98 Å². The highest BCUT2D eigenvalue weighted by Gasteiger charge is 2.36. The molecule has 2 atom stereocenters. The first kappa shape index (κ1) is 15.4. The normalized spacial score (nSPS) is 23.0. The number of aromatic nitrogens is 1. The van der Waals surface area contributed by atoms with E-state index in [4.69, 9.17) is 4.98 Å². The molecule has 1 aromatic heterocycles. The summed E-state index contributed by atoms with van der Waals surface area (Å²) in [5.74, 6) is 1.01. The Balaban J connectivity index is 1.49. The summed E-state index contributed by atoms with van der Waals surface area (Å²) < 4.78 is 1.27. The molecule has 3 aromatic rings. The van der Waals surface area contributed by atoms with Crippen LogP contribution in [0.1, 0.15) is 34.9 Å². The van der Waals surface area contributed by atoms with Gasteiger partial charge in [-0.3, -0.25) is 0 Å². The second-order valence-electron chi connectivity index (χ2n) is 7.50. The van der Waals surface area contributed by atoms with E-state index in [9.17, 15) is 0 Å². The number of rotatable bonds is 1. The van der Waals surface area contributed by atoms with Gasteiger partial charge in [-0.2, -0.15) is 0 Å². The molecule has 6 rings (SSSR count). The molecule has 0 N–H and O–H groups in total. The van der Waals surface area contributed by atoms with Crippen LogP contribution in [0.4, 0.5) is 0 Å². The summed E-state index contributed by atoms with van der Waals surface area (Å²) >= 11 is 1.81. The van der Waals surface area contributed by atoms with Crippen molar-refractivity contribution in [2.24, 2.45) is 5.92 Å². The molecule has 0 amide bonds. The molecule has 2 unspecified atom stereocenters. The largest absolute Gasteiger partial charge is 0.236 e. The Kier molecular flexibility index (Phi) is 3.36. The summed E-state index contributed by atoms with van der Waals surface area (Å²) in [5, 5.41) is 1.15. The van der Waals surface area contributed by atoms with Crippen LogP contribution in [0, 0.1) is 5.92 Å². The number of allylic oxidation sites excluding steroid dienone is 8. The average molecular weight is 366 g/mol. The molecule has 0 saturated heterocycles. The molecule has 0 aliphatic heterocycles. The van der Waals surface area contributed by atoms with E-state index in [1.165, 1.54) is 27.0 Å². The minimum Gasteiger partial charge on any atom is -0.236 e.